The number of hydrogen-bond acceptors (Lipinski definition) is 4. The van der Waals surface area contributed by atoms with Crippen LogP contribution in [0.5, 0.6) is 0 Å². The van der Waals surface area contributed by atoms with Gasteiger partial charge in [0.05, 0.1) is 16.3 Å². The molecule has 0 radical (unpaired) electrons. The summed E-state index contributed by atoms with van der Waals surface area (Å²) in [6, 6.07) is 9.54. The van der Waals surface area contributed by atoms with E-state index in [9.17, 15) is 4.79 Å². The summed E-state index contributed by atoms with van der Waals surface area (Å²) in [5.74, 6) is 0.510. The summed E-state index contributed by atoms with van der Waals surface area (Å²) in [7, 11) is 0. The Morgan fingerprint density at radius 3 is 2.92 bits per heavy atom. The maximum absolute atomic E-state index is 12.8. The number of benzene rings is 1. The van der Waals surface area contributed by atoms with E-state index in [0.717, 1.165) is 46.0 Å². The number of aryl methyl sites for hydroxylation is 1. The predicted molar refractivity (Wildman–Crippen MR) is 109 cm³/mol. The first kappa shape index (κ1) is 19.2. The fourth-order valence-corrected chi connectivity index (χ4v) is 4.64. The number of aromatic nitrogens is 2. The molecule has 4 rings (SSSR count). The molecular weight excluding hydrogens is 391 g/mol. The summed E-state index contributed by atoms with van der Waals surface area (Å²) in [6.07, 6.45) is 0.989. The van der Waals surface area contributed by atoms with Gasteiger partial charge in [-0.15, -0.1) is 23.7 Å². The highest BCUT2D eigenvalue weighted by molar-refractivity contribution is 7.20. The SMILES string of the molecule is Cc1nn(-c2cccc(Cl)c2)c2sc(C(=O)N3CCC(CN)C3)cc12.Cl. The zero-order chi connectivity index (χ0) is 17.6. The van der Waals surface area contributed by atoms with Gasteiger partial charge in [0.15, 0.2) is 0 Å². The van der Waals surface area contributed by atoms with E-state index < -0.39 is 0 Å². The van der Waals surface area contributed by atoms with Crippen molar-refractivity contribution in [3.8, 4) is 5.69 Å². The molecule has 0 spiro atoms. The van der Waals surface area contributed by atoms with Gasteiger partial charge in [0.25, 0.3) is 5.91 Å². The van der Waals surface area contributed by atoms with E-state index in [4.69, 9.17) is 17.3 Å². The number of halogens is 2. The van der Waals surface area contributed by atoms with Crippen LogP contribution in [-0.2, 0) is 0 Å². The number of carbonyl (C=O) groups is 1. The Morgan fingerprint density at radius 2 is 2.23 bits per heavy atom. The molecule has 2 N–H and O–H groups in total. The zero-order valence-electron chi connectivity index (χ0n) is 14.3. The highest BCUT2D eigenvalue weighted by Crippen LogP contribution is 2.32. The molecule has 1 aromatic carbocycles. The van der Waals surface area contributed by atoms with Crippen molar-refractivity contribution in [1.82, 2.24) is 14.7 Å². The first-order chi connectivity index (χ1) is 12.1. The van der Waals surface area contributed by atoms with E-state index in [1.54, 1.807) is 0 Å². The van der Waals surface area contributed by atoms with Crippen LogP contribution in [0.4, 0.5) is 0 Å². The Balaban J connectivity index is 0.00000196. The summed E-state index contributed by atoms with van der Waals surface area (Å²) < 4.78 is 1.87. The third-order valence-corrected chi connectivity index (χ3v) is 6.05. The Labute approximate surface area is 167 Å². The molecule has 1 atom stereocenters. The Bertz CT molecular complexity index is 952. The van der Waals surface area contributed by atoms with Crippen molar-refractivity contribution >= 4 is 51.5 Å². The molecule has 3 heterocycles. The molecule has 3 aromatic rings. The third-order valence-electron chi connectivity index (χ3n) is 4.71. The van der Waals surface area contributed by atoms with Crippen molar-refractivity contribution < 1.29 is 4.79 Å². The van der Waals surface area contributed by atoms with Crippen molar-refractivity contribution in [3.63, 3.8) is 0 Å². The average molecular weight is 411 g/mol. The molecule has 1 unspecified atom stereocenters. The molecule has 5 nitrogen and oxygen atoms in total. The van der Waals surface area contributed by atoms with Crippen LogP contribution in [0.2, 0.25) is 5.02 Å². The Kier molecular flexibility index (Phi) is 5.58. The van der Waals surface area contributed by atoms with Crippen LogP contribution >= 0.6 is 35.3 Å². The first-order valence-electron chi connectivity index (χ1n) is 8.31. The van der Waals surface area contributed by atoms with E-state index in [1.165, 1.54) is 11.3 Å². The minimum absolute atomic E-state index is 0. The monoisotopic (exact) mass is 410 g/mol. The molecule has 1 amide bonds. The van der Waals surface area contributed by atoms with Crippen molar-refractivity contribution in [3.05, 3.63) is 45.9 Å². The normalized spacial score (nSPS) is 16.9. The lowest BCUT2D eigenvalue weighted by molar-refractivity contribution is 0.0792. The summed E-state index contributed by atoms with van der Waals surface area (Å²) >= 11 is 7.60. The highest BCUT2D eigenvalue weighted by Gasteiger charge is 2.28. The largest absolute Gasteiger partial charge is 0.338 e. The van der Waals surface area contributed by atoms with E-state index in [2.05, 4.69) is 5.10 Å². The van der Waals surface area contributed by atoms with Crippen LogP contribution in [0.15, 0.2) is 30.3 Å². The number of hydrogen-bond donors (Lipinski definition) is 1. The van der Waals surface area contributed by atoms with Crippen LogP contribution in [0.1, 0.15) is 21.8 Å². The van der Waals surface area contributed by atoms with Gasteiger partial charge in [-0.05, 0) is 50.1 Å². The highest BCUT2D eigenvalue weighted by atomic mass is 35.5. The number of thiophene rings is 1. The van der Waals surface area contributed by atoms with E-state index in [0.29, 0.717) is 17.5 Å². The lowest BCUT2D eigenvalue weighted by Crippen LogP contribution is -2.29. The maximum atomic E-state index is 12.8. The fourth-order valence-electron chi connectivity index (χ4n) is 3.30. The van der Waals surface area contributed by atoms with Crippen LogP contribution in [-0.4, -0.2) is 40.2 Å². The molecular formula is C18H20Cl2N4OS. The number of carbonyl (C=O) groups excluding carboxylic acids is 1. The Morgan fingerprint density at radius 1 is 1.42 bits per heavy atom. The molecule has 26 heavy (non-hydrogen) atoms. The minimum Gasteiger partial charge on any atom is -0.338 e. The molecule has 138 valence electrons. The standard InChI is InChI=1S/C18H19ClN4OS.ClH/c1-11-15-8-16(17(24)22-6-5-12(9-20)10-22)25-18(15)23(21-11)14-4-2-3-13(19)7-14;/h2-4,7-8,12H,5-6,9-10,20H2,1H3;1H. The van der Waals surface area contributed by atoms with Gasteiger partial charge in [-0.25, -0.2) is 4.68 Å². The molecule has 0 bridgehead atoms. The van der Waals surface area contributed by atoms with Crippen molar-refractivity contribution in [2.24, 2.45) is 11.7 Å². The lowest BCUT2D eigenvalue weighted by Gasteiger charge is -2.14. The second-order valence-corrected chi connectivity index (χ2v) is 7.92. The average Bonchev–Trinajstić information content (AvgIpc) is 3.30. The van der Waals surface area contributed by atoms with Crippen LogP contribution in [0, 0.1) is 12.8 Å². The minimum atomic E-state index is 0. The molecule has 1 fully saturated rings. The van der Waals surface area contributed by atoms with Crippen molar-refractivity contribution in [1.29, 1.82) is 0 Å². The quantitative estimate of drug-likeness (QED) is 0.711. The van der Waals surface area contributed by atoms with Gasteiger partial charge in [0, 0.05) is 23.5 Å². The Hall–Kier alpha value is -1.60. The fraction of sp³-hybridized carbons (Fsp3) is 0.333. The van der Waals surface area contributed by atoms with Crippen molar-refractivity contribution in [2.75, 3.05) is 19.6 Å². The lowest BCUT2D eigenvalue weighted by atomic mass is 10.1. The second-order valence-electron chi connectivity index (χ2n) is 6.45. The van der Waals surface area contributed by atoms with Gasteiger partial charge in [-0.1, -0.05) is 17.7 Å². The van der Waals surface area contributed by atoms with Gasteiger partial charge in [0.1, 0.15) is 4.83 Å². The molecule has 8 heteroatoms. The summed E-state index contributed by atoms with van der Waals surface area (Å²) in [6.45, 7) is 4.14. The molecule has 1 saturated heterocycles. The summed E-state index contributed by atoms with van der Waals surface area (Å²) in [5, 5.41) is 6.29. The van der Waals surface area contributed by atoms with Crippen molar-refractivity contribution in [2.45, 2.75) is 13.3 Å². The number of fused-ring (bicyclic) bond motifs is 1. The zero-order valence-corrected chi connectivity index (χ0v) is 16.7. The van der Waals surface area contributed by atoms with E-state index >= 15 is 0 Å². The predicted octanol–water partition coefficient (Wildman–Crippen LogP) is 3.89. The summed E-state index contributed by atoms with van der Waals surface area (Å²) in [4.78, 5) is 16.5. The molecule has 0 aliphatic carbocycles. The summed E-state index contributed by atoms with van der Waals surface area (Å²) in [5.41, 5.74) is 7.55. The second kappa shape index (κ2) is 7.56. The van der Waals surface area contributed by atoms with Gasteiger partial charge < -0.3 is 10.6 Å². The van der Waals surface area contributed by atoms with Gasteiger partial charge in [0.2, 0.25) is 0 Å². The smallest absolute Gasteiger partial charge is 0.264 e. The molecule has 0 saturated carbocycles. The van der Waals surface area contributed by atoms with Crippen LogP contribution < -0.4 is 5.73 Å². The van der Waals surface area contributed by atoms with Gasteiger partial charge >= 0.3 is 0 Å². The van der Waals surface area contributed by atoms with Crippen LogP contribution in [0.25, 0.3) is 15.9 Å². The molecule has 2 aromatic heterocycles. The molecule has 1 aliphatic heterocycles. The molecule has 1 aliphatic rings. The number of nitrogens with two attached hydrogens (primary N) is 1. The van der Waals surface area contributed by atoms with Gasteiger partial charge in [-0.2, -0.15) is 5.10 Å². The van der Waals surface area contributed by atoms with Gasteiger partial charge in [-0.3, -0.25) is 4.79 Å². The number of nitrogens with zero attached hydrogens (tertiary/aromatic N) is 3. The number of amides is 1. The van der Waals surface area contributed by atoms with E-state index in [1.807, 2.05) is 46.8 Å². The van der Waals surface area contributed by atoms with E-state index in [-0.39, 0.29) is 18.3 Å². The number of likely N-dealkylation sites (tertiary alicyclic amines) is 1. The number of rotatable bonds is 3. The third kappa shape index (κ3) is 3.34. The maximum Gasteiger partial charge on any atom is 0.264 e. The first-order valence-corrected chi connectivity index (χ1v) is 9.50. The topological polar surface area (TPSA) is 64.2 Å². The van der Waals surface area contributed by atoms with Crippen LogP contribution in [0.3, 0.4) is 0 Å².